The number of aromatic nitrogens is 1. The topological polar surface area (TPSA) is 3.88 Å². The smallest absolute Gasteiger partial charge is 0.200 e. The van der Waals surface area contributed by atoms with Gasteiger partial charge in [-0.2, -0.15) is 0 Å². The largest absolute Gasteiger partial charge is 0.222 e. The van der Waals surface area contributed by atoms with Gasteiger partial charge in [0.2, 0.25) is 5.69 Å². The molecule has 5 aromatic carbocycles. The van der Waals surface area contributed by atoms with Gasteiger partial charge in [-0.1, -0.05) is 88.8 Å². The number of nitrogens with zero attached hydrogens (tertiary/aromatic N) is 1. The van der Waals surface area contributed by atoms with Crippen molar-refractivity contribution >= 4 is 54.9 Å². The van der Waals surface area contributed by atoms with Gasteiger partial charge in [0.1, 0.15) is 7.05 Å². The molecule has 0 radical (unpaired) electrons. The Morgan fingerprint density at radius 3 is 2.20 bits per heavy atom. The molecule has 0 atom stereocenters. The summed E-state index contributed by atoms with van der Waals surface area (Å²) in [6.07, 6.45) is 4.43. The SMILES string of the molecule is Cc1c2c(c(CC(C)(C)C)c3cc4ccccc4cc13)Sc1cc3cccc(CC(C)C)c3c3cc[n+](C)c-2c13. The quantitative estimate of drug-likeness (QED) is 0.122. The van der Waals surface area contributed by atoms with Crippen molar-refractivity contribution in [2.45, 2.75) is 64.2 Å². The lowest BCUT2D eigenvalue weighted by Crippen LogP contribution is -2.32. The fourth-order valence-corrected chi connectivity index (χ4v) is 8.34. The first kappa shape index (κ1) is 25.6. The van der Waals surface area contributed by atoms with Gasteiger partial charge in [-0.15, -0.1) is 0 Å². The molecule has 1 aliphatic heterocycles. The molecule has 0 spiro atoms. The first-order chi connectivity index (χ1) is 19.1. The summed E-state index contributed by atoms with van der Waals surface area (Å²) in [5, 5.41) is 11.0. The molecule has 7 rings (SSSR count). The van der Waals surface area contributed by atoms with Gasteiger partial charge < -0.3 is 0 Å². The molecule has 6 aromatic rings. The van der Waals surface area contributed by atoms with Gasteiger partial charge in [0.15, 0.2) is 6.20 Å². The highest BCUT2D eigenvalue weighted by molar-refractivity contribution is 8.00. The predicted molar refractivity (Wildman–Crippen MR) is 174 cm³/mol. The number of benzene rings is 5. The van der Waals surface area contributed by atoms with Crippen LogP contribution in [0.5, 0.6) is 0 Å². The van der Waals surface area contributed by atoms with Crippen LogP contribution in [0, 0.1) is 18.3 Å². The summed E-state index contributed by atoms with van der Waals surface area (Å²) in [5.74, 6) is 0.617. The molecular weight excluding hydrogens is 502 g/mol. The Labute approximate surface area is 242 Å². The second kappa shape index (κ2) is 9.08. The van der Waals surface area contributed by atoms with Crippen LogP contribution in [0.2, 0.25) is 0 Å². The van der Waals surface area contributed by atoms with Crippen molar-refractivity contribution in [1.82, 2.24) is 0 Å². The molecule has 0 bridgehead atoms. The predicted octanol–water partition coefficient (Wildman–Crippen LogP) is 10.4. The summed E-state index contributed by atoms with van der Waals surface area (Å²) in [7, 11) is 2.23. The van der Waals surface area contributed by atoms with E-state index in [1.54, 1.807) is 0 Å². The van der Waals surface area contributed by atoms with E-state index in [1.807, 2.05) is 11.8 Å². The Balaban J connectivity index is 1.65. The summed E-state index contributed by atoms with van der Waals surface area (Å²) in [4.78, 5) is 2.83. The van der Waals surface area contributed by atoms with Gasteiger partial charge in [0, 0.05) is 21.2 Å². The summed E-state index contributed by atoms with van der Waals surface area (Å²) in [6.45, 7) is 14.1. The molecule has 1 nitrogen and oxygen atoms in total. The minimum atomic E-state index is 0.172. The van der Waals surface area contributed by atoms with Crippen molar-refractivity contribution in [2.75, 3.05) is 0 Å². The van der Waals surface area contributed by atoms with Crippen molar-refractivity contribution in [2.24, 2.45) is 18.4 Å². The fourth-order valence-electron chi connectivity index (χ4n) is 6.97. The maximum absolute atomic E-state index is 2.47. The van der Waals surface area contributed by atoms with Crippen LogP contribution in [0.25, 0.3) is 54.3 Å². The molecular formula is C38H38NS+. The number of pyridine rings is 1. The van der Waals surface area contributed by atoms with Gasteiger partial charge in [-0.3, -0.25) is 0 Å². The minimum absolute atomic E-state index is 0.172. The first-order valence-electron chi connectivity index (χ1n) is 14.6. The van der Waals surface area contributed by atoms with Crippen LogP contribution in [-0.2, 0) is 19.9 Å². The van der Waals surface area contributed by atoms with Crippen molar-refractivity contribution in [1.29, 1.82) is 0 Å². The van der Waals surface area contributed by atoms with Crippen LogP contribution in [0.15, 0.2) is 82.7 Å². The van der Waals surface area contributed by atoms with Crippen molar-refractivity contribution in [3.8, 4) is 11.3 Å². The van der Waals surface area contributed by atoms with Gasteiger partial charge in [0.25, 0.3) is 0 Å². The van der Waals surface area contributed by atoms with Crippen molar-refractivity contribution in [3.63, 3.8) is 0 Å². The van der Waals surface area contributed by atoms with Crippen LogP contribution in [0.4, 0.5) is 0 Å². The highest BCUT2D eigenvalue weighted by atomic mass is 32.2. The second-order valence-corrected chi connectivity index (χ2v) is 14.5. The first-order valence-corrected chi connectivity index (χ1v) is 15.5. The highest BCUT2D eigenvalue weighted by Crippen LogP contribution is 2.54. The second-order valence-electron chi connectivity index (χ2n) is 13.4. The molecule has 0 aliphatic carbocycles. The third-order valence-electron chi connectivity index (χ3n) is 8.58. The Bertz CT molecular complexity index is 2010. The molecule has 0 N–H and O–H groups in total. The van der Waals surface area contributed by atoms with E-state index in [0.717, 1.165) is 12.8 Å². The Kier molecular flexibility index (Phi) is 5.81. The molecule has 2 heteroatoms. The van der Waals surface area contributed by atoms with E-state index in [1.165, 1.54) is 80.8 Å². The monoisotopic (exact) mass is 540 g/mol. The lowest BCUT2D eigenvalue weighted by molar-refractivity contribution is -0.659. The average molecular weight is 541 g/mol. The molecule has 0 unspecified atom stereocenters. The van der Waals surface area contributed by atoms with E-state index in [-0.39, 0.29) is 5.41 Å². The summed E-state index contributed by atoms with van der Waals surface area (Å²) < 4.78 is 2.38. The lowest BCUT2D eigenvalue weighted by atomic mass is 9.82. The van der Waals surface area contributed by atoms with E-state index >= 15 is 0 Å². The maximum Gasteiger partial charge on any atom is 0.222 e. The minimum Gasteiger partial charge on any atom is -0.200 e. The van der Waals surface area contributed by atoms with Gasteiger partial charge in [0.05, 0.1) is 10.9 Å². The normalized spacial score (nSPS) is 13.2. The summed E-state index contributed by atoms with van der Waals surface area (Å²) in [5.41, 5.74) is 7.31. The third-order valence-corrected chi connectivity index (χ3v) is 9.78. The molecule has 200 valence electrons. The third kappa shape index (κ3) is 3.95. The fraction of sp³-hybridized carbons (Fsp3) is 0.289. The van der Waals surface area contributed by atoms with Crippen LogP contribution >= 0.6 is 11.8 Å². The Morgan fingerprint density at radius 2 is 1.50 bits per heavy atom. The molecule has 1 aromatic heterocycles. The number of aryl methyl sites for hydroxylation is 2. The average Bonchev–Trinajstić information content (AvgIpc) is 2.90. The Morgan fingerprint density at radius 1 is 0.800 bits per heavy atom. The number of fused-ring (bicyclic) bond motifs is 6. The maximum atomic E-state index is 2.47. The number of hydrogen-bond donors (Lipinski definition) is 0. The van der Waals surface area contributed by atoms with Crippen molar-refractivity contribution in [3.05, 3.63) is 89.6 Å². The van der Waals surface area contributed by atoms with Gasteiger partial charge >= 0.3 is 0 Å². The van der Waals surface area contributed by atoms with E-state index in [2.05, 4.69) is 126 Å². The molecule has 2 heterocycles. The highest BCUT2D eigenvalue weighted by Gasteiger charge is 2.33. The van der Waals surface area contributed by atoms with E-state index in [9.17, 15) is 0 Å². The number of rotatable bonds is 3. The van der Waals surface area contributed by atoms with E-state index < -0.39 is 0 Å². The summed E-state index contributed by atoms with van der Waals surface area (Å²) in [6, 6.07) is 25.5. The van der Waals surface area contributed by atoms with Crippen LogP contribution in [0.1, 0.15) is 51.3 Å². The Hall–Kier alpha value is -3.36. The number of hydrogen-bond acceptors (Lipinski definition) is 1. The van der Waals surface area contributed by atoms with Crippen LogP contribution < -0.4 is 4.57 Å². The summed E-state index contributed by atoms with van der Waals surface area (Å²) >= 11 is 2.01. The van der Waals surface area contributed by atoms with Gasteiger partial charge in [-0.05, 0) is 98.3 Å². The molecule has 0 fully saturated rings. The molecule has 1 aliphatic rings. The lowest BCUT2D eigenvalue weighted by Gasteiger charge is -2.28. The van der Waals surface area contributed by atoms with E-state index in [0.29, 0.717) is 5.92 Å². The standard InChI is InChI=1S/C38H38NS/c1-22(2)17-26-13-10-14-27-20-32-35-28(34(26)27)15-16-39(7)36(35)33-23(3)29-18-24-11-8-9-12-25(24)19-30(29)31(37(33)40-32)21-38(4,5)6/h8-16,18-20,22H,17,21H2,1-7H3/q+1. The van der Waals surface area contributed by atoms with E-state index in [4.69, 9.17) is 0 Å². The molecule has 40 heavy (non-hydrogen) atoms. The zero-order valence-corrected chi connectivity index (χ0v) is 25.6. The zero-order valence-electron chi connectivity index (χ0n) is 24.8. The molecule has 0 amide bonds. The van der Waals surface area contributed by atoms with Crippen LogP contribution in [-0.4, -0.2) is 0 Å². The zero-order chi connectivity index (χ0) is 27.9. The molecule has 0 saturated heterocycles. The van der Waals surface area contributed by atoms with Crippen molar-refractivity contribution < 1.29 is 4.57 Å². The van der Waals surface area contributed by atoms with Gasteiger partial charge in [-0.25, -0.2) is 4.57 Å². The molecule has 0 saturated carbocycles. The van der Waals surface area contributed by atoms with Crippen LogP contribution in [0.3, 0.4) is 0 Å².